The molecule has 0 aromatic carbocycles. The van der Waals surface area contributed by atoms with Crippen molar-refractivity contribution in [3.8, 4) is 0 Å². The van der Waals surface area contributed by atoms with Crippen LogP contribution in [0.2, 0.25) is 0 Å². The van der Waals surface area contributed by atoms with Crippen LogP contribution in [-0.4, -0.2) is 39.5 Å². The predicted molar refractivity (Wildman–Crippen MR) is 81.0 cm³/mol. The molecule has 0 unspecified atom stereocenters. The van der Waals surface area contributed by atoms with E-state index in [1.165, 1.54) is 0 Å². The fourth-order valence-corrected chi connectivity index (χ4v) is 2.37. The third-order valence-corrected chi connectivity index (χ3v) is 3.42. The lowest BCUT2D eigenvalue weighted by molar-refractivity contribution is 0.0185. The smallest absolute Gasteiger partial charge is 0.410 e. The topological polar surface area (TPSA) is 47.4 Å². The molecule has 0 N–H and O–H groups in total. The maximum atomic E-state index is 12.0. The van der Waals surface area contributed by atoms with Crippen molar-refractivity contribution in [2.24, 2.45) is 0 Å². The third-order valence-electron chi connectivity index (χ3n) is 2.87. The average Bonchev–Trinajstić information content (AvgIpc) is 2.75. The van der Waals surface area contributed by atoms with Crippen molar-refractivity contribution in [3.63, 3.8) is 0 Å². The molecule has 2 heterocycles. The average molecular weight is 378 g/mol. The van der Waals surface area contributed by atoms with Crippen LogP contribution in [0.4, 0.5) is 4.79 Å². The first-order valence-corrected chi connectivity index (χ1v) is 7.46. The Kier molecular flexibility index (Phi) is 3.95. The van der Waals surface area contributed by atoms with E-state index in [1.807, 2.05) is 27.0 Å². The number of likely N-dealkylation sites (tertiary alicyclic amines) is 1. The number of halogens is 1. The van der Waals surface area contributed by atoms with Crippen molar-refractivity contribution in [1.29, 1.82) is 0 Å². The van der Waals surface area contributed by atoms with E-state index in [4.69, 9.17) is 6.11 Å². The minimum atomic E-state index is -0.762. The summed E-state index contributed by atoms with van der Waals surface area (Å²) in [6.45, 7) is 6.61. The number of carbonyl (C=O) groups excluding carboxylic acids is 1. The number of rotatable bonds is 1. The lowest BCUT2D eigenvalue weighted by atomic mass is 10.1. The van der Waals surface area contributed by atoms with Gasteiger partial charge in [-0.25, -0.2) is 4.79 Å². The molecule has 0 bridgehead atoms. The third kappa shape index (κ3) is 4.09. The Bertz CT molecular complexity index is 490. The summed E-state index contributed by atoms with van der Waals surface area (Å²) in [5, 5.41) is 4.23. The summed E-state index contributed by atoms with van der Waals surface area (Å²) in [5.41, 5.74) is -0.481. The molecule has 1 amide bonds. The highest BCUT2D eigenvalue weighted by molar-refractivity contribution is 14.1. The van der Waals surface area contributed by atoms with Crippen molar-refractivity contribution >= 4 is 28.7 Å². The number of carbonyl (C=O) groups is 1. The van der Waals surface area contributed by atoms with Gasteiger partial charge in [-0.3, -0.25) is 4.68 Å². The van der Waals surface area contributed by atoms with Crippen LogP contribution in [0.3, 0.4) is 0 Å². The molecule has 1 fully saturated rings. The summed E-state index contributed by atoms with van der Waals surface area (Å²) in [4.78, 5) is 13.7. The molecule has 2 rings (SSSR count). The summed E-state index contributed by atoms with van der Waals surface area (Å²) in [6.07, 6.45) is 4.44. The summed E-state index contributed by atoms with van der Waals surface area (Å²) in [5.74, 6) is 0. The molecule has 0 radical (unpaired) electrons. The SMILES string of the molecule is [2H]C1(n2cc(I)cn2)CCN(C(=O)OC(C)(C)C)CC1. The molecule has 1 saturated heterocycles. The normalized spacial score (nSPS) is 20.0. The monoisotopic (exact) mass is 378 g/mol. The number of hydrogen-bond acceptors (Lipinski definition) is 3. The van der Waals surface area contributed by atoms with Gasteiger partial charge in [0.15, 0.2) is 0 Å². The standard InChI is InChI=1S/C13H20IN3O2/c1-13(2,3)19-12(18)16-6-4-11(5-7-16)17-9-10(14)8-15-17/h8-9,11H,4-7H2,1-3H3/i11D. The van der Waals surface area contributed by atoms with Crippen LogP contribution >= 0.6 is 22.6 Å². The van der Waals surface area contributed by atoms with Gasteiger partial charge in [0.1, 0.15) is 5.60 Å². The minimum Gasteiger partial charge on any atom is -0.444 e. The highest BCUT2D eigenvalue weighted by atomic mass is 127. The van der Waals surface area contributed by atoms with Crippen LogP contribution in [0.5, 0.6) is 0 Å². The van der Waals surface area contributed by atoms with E-state index in [0.717, 1.165) is 3.57 Å². The Balaban J connectivity index is 1.97. The molecular formula is C13H20IN3O2. The first kappa shape index (κ1) is 13.2. The van der Waals surface area contributed by atoms with E-state index in [1.54, 1.807) is 15.8 Å². The second-order valence-electron chi connectivity index (χ2n) is 5.64. The van der Waals surface area contributed by atoms with E-state index in [-0.39, 0.29) is 6.09 Å². The molecule has 0 atom stereocenters. The predicted octanol–water partition coefficient (Wildman–Crippen LogP) is 3.06. The van der Waals surface area contributed by atoms with E-state index >= 15 is 0 Å². The first-order valence-electron chi connectivity index (χ1n) is 6.88. The number of aromatic nitrogens is 2. The molecule has 19 heavy (non-hydrogen) atoms. The quantitative estimate of drug-likeness (QED) is 0.706. The van der Waals surface area contributed by atoms with Gasteiger partial charge in [-0.1, -0.05) is 0 Å². The molecule has 1 aromatic rings. The maximum absolute atomic E-state index is 12.0. The van der Waals surface area contributed by atoms with Gasteiger partial charge in [-0.15, -0.1) is 0 Å². The highest BCUT2D eigenvalue weighted by Crippen LogP contribution is 2.23. The summed E-state index contributed by atoms with van der Waals surface area (Å²) in [7, 11) is 0. The van der Waals surface area contributed by atoms with Crippen LogP contribution in [0.15, 0.2) is 12.4 Å². The van der Waals surface area contributed by atoms with Gasteiger partial charge < -0.3 is 9.64 Å². The van der Waals surface area contributed by atoms with E-state index < -0.39 is 11.6 Å². The molecule has 1 aliphatic rings. The zero-order chi connectivity index (χ0) is 15.0. The summed E-state index contributed by atoms with van der Waals surface area (Å²) >= 11 is 2.18. The molecule has 1 aromatic heterocycles. The molecule has 0 aliphatic carbocycles. The first-order chi connectivity index (χ1) is 9.20. The molecule has 5 nitrogen and oxygen atoms in total. The van der Waals surface area contributed by atoms with Gasteiger partial charge in [-0.2, -0.15) is 5.10 Å². The number of hydrogen-bond donors (Lipinski definition) is 0. The minimum absolute atomic E-state index is 0.297. The van der Waals surface area contributed by atoms with Crippen molar-refractivity contribution in [3.05, 3.63) is 16.0 Å². The van der Waals surface area contributed by atoms with Crippen molar-refractivity contribution in [2.45, 2.75) is 45.2 Å². The lowest BCUT2D eigenvalue weighted by Gasteiger charge is -2.33. The summed E-state index contributed by atoms with van der Waals surface area (Å²) < 4.78 is 16.6. The van der Waals surface area contributed by atoms with Crippen LogP contribution in [0, 0.1) is 3.57 Å². The van der Waals surface area contributed by atoms with Crippen molar-refractivity contribution in [1.82, 2.24) is 14.7 Å². The van der Waals surface area contributed by atoms with E-state index in [2.05, 4.69) is 27.7 Å². The molecule has 6 heteroatoms. The zero-order valence-corrected chi connectivity index (χ0v) is 13.7. The Labute approximate surface area is 128 Å². The number of nitrogens with zero attached hydrogens (tertiary/aromatic N) is 3. The van der Waals surface area contributed by atoms with E-state index in [0.29, 0.717) is 25.9 Å². The Morgan fingerprint density at radius 1 is 1.53 bits per heavy atom. The molecule has 0 saturated carbocycles. The van der Waals surface area contributed by atoms with Gasteiger partial charge in [0, 0.05) is 19.3 Å². The second-order valence-corrected chi connectivity index (χ2v) is 6.88. The van der Waals surface area contributed by atoms with Gasteiger partial charge in [-0.05, 0) is 56.2 Å². The molecule has 106 valence electrons. The highest BCUT2D eigenvalue weighted by Gasteiger charge is 2.27. The fraction of sp³-hybridized carbons (Fsp3) is 0.692. The molecule has 1 aliphatic heterocycles. The zero-order valence-electron chi connectivity index (χ0n) is 12.5. The van der Waals surface area contributed by atoms with E-state index in [9.17, 15) is 4.79 Å². The Morgan fingerprint density at radius 3 is 2.63 bits per heavy atom. The lowest BCUT2D eigenvalue weighted by Crippen LogP contribution is -2.42. The maximum Gasteiger partial charge on any atom is 0.410 e. The van der Waals surface area contributed by atoms with Gasteiger partial charge in [0.25, 0.3) is 0 Å². The van der Waals surface area contributed by atoms with Crippen molar-refractivity contribution in [2.75, 3.05) is 13.1 Å². The van der Waals surface area contributed by atoms with Gasteiger partial charge in [0.05, 0.1) is 17.2 Å². The van der Waals surface area contributed by atoms with Gasteiger partial charge in [0.2, 0.25) is 0 Å². The number of ether oxygens (including phenoxy) is 1. The number of amides is 1. The molecule has 0 spiro atoms. The second kappa shape index (κ2) is 5.68. The van der Waals surface area contributed by atoms with Crippen LogP contribution < -0.4 is 0 Å². The number of piperidine rings is 1. The largest absolute Gasteiger partial charge is 0.444 e. The van der Waals surface area contributed by atoms with Crippen LogP contribution in [0.1, 0.15) is 41.0 Å². The van der Waals surface area contributed by atoms with Gasteiger partial charge >= 0.3 is 6.09 Å². The van der Waals surface area contributed by atoms with Crippen molar-refractivity contribution < 1.29 is 10.9 Å². The fourth-order valence-electron chi connectivity index (χ4n) is 1.98. The van der Waals surface area contributed by atoms with Crippen LogP contribution in [-0.2, 0) is 4.74 Å². The molecular weight excluding hydrogens is 357 g/mol. The Morgan fingerprint density at radius 2 is 2.16 bits per heavy atom. The Hall–Kier alpha value is -0.790. The van der Waals surface area contributed by atoms with Crippen LogP contribution in [0.25, 0.3) is 0 Å². The summed E-state index contributed by atoms with van der Waals surface area (Å²) in [6, 6.07) is -0.762.